The maximum atomic E-state index is 11.8. The van der Waals surface area contributed by atoms with Crippen LogP contribution < -0.4 is 5.32 Å². The van der Waals surface area contributed by atoms with Gasteiger partial charge in [0.1, 0.15) is 0 Å². The van der Waals surface area contributed by atoms with Gasteiger partial charge in [-0.3, -0.25) is 4.79 Å². The molecule has 22 heavy (non-hydrogen) atoms. The highest BCUT2D eigenvalue weighted by molar-refractivity contribution is 8.77. The van der Waals surface area contributed by atoms with Crippen LogP contribution in [0.2, 0.25) is 10.0 Å². The van der Waals surface area contributed by atoms with Crippen molar-refractivity contribution in [1.29, 1.82) is 0 Å². The molecular formula is C16H21Cl2NOS2. The van der Waals surface area contributed by atoms with Crippen molar-refractivity contribution < 1.29 is 4.79 Å². The quantitative estimate of drug-likeness (QED) is 0.487. The number of halogens is 2. The lowest BCUT2D eigenvalue weighted by Gasteiger charge is -2.09. The van der Waals surface area contributed by atoms with Crippen LogP contribution in [0.15, 0.2) is 18.2 Å². The van der Waals surface area contributed by atoms with Crippen molar-refractivity contribution in [3.8, 4) is 0 Å². The van der Waals surface area contributed by atoms with E-state index in [1.54, 1.807) is 6.07 Å². The Kier molecular flexibility index (Phi) is 8.29. The van der Waals surface area contributed by atoms with Gasteiger partial charge < -0.3 is 5.32 Å². The summed E-state index contributed by atoms with van der Waals surface area (Å²) in [5, 5.41) is 4.91. The summed E-state index contributed by atoms with van der Waals surface area (Å²) in [5.41, 5.74) is 0.977. The number of unbranched alkanes of at least 4 members (excludes halogenated alkanes) is 1. The van der Waals surface area contributed by atoms with Crippen molar-refractivity contribution in [2.24, 2.45) is 0 Å². The molecule has 0 radical (unpaired) electrons. The molecule has 1 aromatic rings. The van der Waals surface area contributed by atoms with Gasteiger partial charge >= 0.3 is 0 Å². The van der Waals surface area contributed by atoms with Gasteiger partial charge in [-0.2, -0.15) is 0 Å². The summed E-state index contributed by atoms with van der Waals surface area (Å²) < 4.78 is 0. The topological polar surface area (TPSA) is 29.1 Å². The summed E-state index contributed by atoms with van der Waals surface area (Å²) in [6, 6.07) is 5.59. The van der Waals surface area contributed by atoms with Crippen LogP contribution in [0.1, 0.15) is 37.7 Å². The fraction of sp³-hybridized carbons (Fsp3) is 0.562. The predicted octanol–water partition coefficient (Wildman–Crippen LogP) is 5.37. The number of benzene rings is 1. The third kappa shape index (κ3) is 6.23. The molecule has 1 aliphatic heterocycles. The number of carbonyl (C=O) groups is 1. The number of rotatable bonds is 8. The second-order valence-corrected chi connectivity index (χ2v) is 8.96. The van der Waals surface area contributed by atoms with Gasteiger partial charge in [0.2, 0.25) is 5.91 Å². The Hall–Kier alpha value is -0.0300. The zero-order valence-electron chi connectivity index (χ0n) is 12.4. The molecule has 0 spiro atoms. The minimum atomic E-state index is 0.131. The lowest BCUT2D eigenvalue weighted by molar-refractivity contribution is -0.121. The van der Waals surface area contributed by atoms with Gasteiger partial charge in [0, 0.05) is 24.0 Å². The first-order valence-corrected chi connectivity index (χ1v) is 10.8. The van der Waals surface area contributed by atoms with E-state index in [-0.39, 0.29) is 5.91 Å². The fourth-order valence-electron chi connectivity index (χ4n) is 2.39. The number of hydrogen-bond donors (Lipinski definition) is 1. The van der Waals surface area contributed by atoms with Gasteiger partial charge in [0.25, 0.3) is 0 Å². The van der Waals surface area contributed by atoms with E-state index in [0.717, 1.165) is 23.7 Å². The molecule has 1 unspecified atom stereocenters. The molecule has 1 atom stereocenters. The van der Waals surface area contributed by atoms with Gasteiger partial charge in [0.15, 0.2) is 0 Å². The van der Waals surface area contributed by atoms with Crippen LogP contribution in [0.5, 0.6) is 0 Å². The third-order valence-electron chi connectivity index (χ3n) is 3.66. The molecule has 6 heteroatoms. The summed E-state index contributed by atoms with van der Waals surface area (Å²) in [6.45, 7) is 0.605. The lowest BCUT2D eigenvalue weighted by atomic mass is 10.1. The van der Waals surface area contributed by atoms with Crippen molar-refractivity contribution in [2.45, 2.75) is 43.8 Å². The minimum absolute atomic E-state index is 0.131. The number of amides is 1. The molecule has 1 heterocycles. The Morgan fingerprint density at radius 3 is 2.95 bits per heavy atom. The SMILES string of the molecule is O=C(CCCCC1CCSS1)NCCc1cccc(Cl)c1Cl. The van der Waals surface area contributed by atoms with E-state index in [9.17, 15) is 4.79 Å². The molecule has 1 N–H and O–H groups in total. The van der Waals surface area contributed by atoms with Gasteiger partial charge in [-0.05, 0) is 37.3 Å². The number of carbonyl (C=O) groups excluding carboxylic acids is 1. The molecule has 0 aliphatic carbocycles. The molecule has 1 fully saturated rings. The molecule has 122 valence electrons. The Morgan fingerprint density at radius 2 is 2.18 bits per heavy atom. The van der Waals surface area contributed by atoms with E-state index in [4.69, 9.17) is 23.2 Å². The fourth-order valence-corrected chi connectivity index (χ4v) is 5.83. The monoisotopic (exact) mass is 377 g/mol. The van der Waals surface area contributed by atoms with Crippen molar-refractivity contribution in [3.05, 3.63) is 33.8 Å². The number of hydrogen-bond acceptors (Lipinski definition) is 3. The summed E-state index contributed by atoms with van der Waals surface area (Å²) in [7, 11) is 3.98. The van der Waals surface area contributed by atoms with Crippen molar-refractivity contribution in [2.75, 3.05) is 12.3 Å². The third-order valence-corrected chi connectivity index (χ3v) is 7.52. The van der Waals surface area contributed by atoms with Crippen LogP contribution in [0.25, 0.3) is 0 Å². The summed E-state index contributed by atoms with van der Waals surface area (Å²) in [6.07, 6.45) is 6.01. The van der Waals surface area contributed by atoms with Crippen LogP contribution in [0.3, 0.4) is 0 Å². The minimum Gasteiger partial charge on any atom is -0.356 e. The maximum Gasteiger partial charge on any atom is 0.220 e. The highest BCUT2D eigenvalue weighted by Crippen LogP contribution is 2.39. The molecule has 2 rings (SSSR count). The molecule has 1 aromatic carbocycles. The van der Waals surface area contributed by atoms with Crippen LogP contribution in [-0.4, -0.2) is 23.5 Å². The molecule has 2 nitrogen and oxygen atoms in total. The molecule has 0 bridgehead atoms. The molecule has 1 saturated heterocycles. The lowest BCUT2D eigenvalue weighted by Crippen LogP contribution is -2.25. The Labute approximate surface area is 150 Å². The maximum absolute atomic E-state index is 11.8. The van der Waals surface area contributed by atoms with Crippen LogP contribution >= 0.6 is 44.8 Å². The van der Waals surface area contributed by atoms with Gasteiger partial charge in [-0.15, -0.1) is 0 Å². The van der Waals surface area contributed by atoms with Crippen molar-refractivity contribution in [1.82, 2.24) is 5.32 Å². The molecule has 0 saturated carbocycles. The molecule has 0 aromatic heterocycles. The predicted molar refractivity (Wildman–Crippen MR) is 100 cm³/mol. The van der Waals surface area contributed by atoms with Gasteiger partial charge in [-0.1, -0.05) is 63.3 Å². The van der Waals surface area contributed by atoms with E-state index in [2.05, 4.69) is 5.32 Å². The summed E-state index contributed by atoms with van der Waals surface area (Å²) >= 11 is 12.1. The van der Waals surface area contributed by atoms with Crippen LogP contribution in [0, 0.1) is 0 Å². The van der Waals surface area contributed by atoms with E-state index in [1.807, 2.05) is 33.7 Å². The van der Waals surface area contributed by atoms with E-state index in [0.29, 0.717) is 29.4 Å². The smallest absolute Gasteiger partial charge is 0.220 e. The average Bonchev–Trinajstić information content (AvgIpc) is 3.01. The van der Waals surface area contributed by atoms with Crippen molar-refractivity contribution in [3.63, 3.8) is 0 Å². The van der Waals surface area contributed by atoms with Crippen molar-refractivity contribution >= 4 is 50.7 Å². The average molecular weight is 378 g/mol. The first kappa shape index (κ1) is 18.3. The largest absolute Gasteiger partial charge is 0.356 e. The Bertz CT molecular complexity index is 493. The second kappa shape index (κ2) is 9.96. The zero-order chi connectivity index (χ0) is 15.8. The highest BCUT2D eigenvalue weighted by atomic mass is 35.5. The zero-order valence-corrected chi connectivity index (χ0v) is 15.6. The van der Waals surface area contributed by atoms with Crippen LogP contribution in [-0.2, 0) is 11.2 Å². The summed E-state index contributed by atoms with van der Waals surface area (Å²) in [5.74, 6) is 1.41. The highest BCUT2D eigenvalue weighted by Gasteiger charge is 2.15. The van der Waals surface area contributed by atoms with Gasteiger partial charge in [-0.25, -0.2) is 0 Å². The molecular weight excluding hydrogens is 357 g/mol. The normalized spacial score (nSPS) is 17.6. The second-order valence-electron chi connectivity index (χ2n) is 5.39. The van der Waals surface area contributed by atoms with Crippen LogP contribution in [0.4, 0.5) is 0 Å². The standard InChI is InChI=1S/C16H21Cl2NOS2/c17-14-6-3-4-12(16(14)18)8-10-19-15(20)7-2-1-5-13-9-11-21-22-13/h3-4,6,13H,1-2,5,7-11H2,(H,19,20). The van der Waals surface area contributed by atoms with E-state index in [1.165, 1.54) is 18.6 Å². The first-order chi connectivity index (χ1) is 10.7. The first-order valence-electron chi connectivity index (χ1n) is 7.64. The van der Waals surface area contributed by atoms with Gasteiger partial charge in [0.05, 0.1) is 10.0 Å². The Morgan fingerprint density at radius 1 is 1.32 bits per heavy atom. The Balaban J connectivity index is 1.56. The molecule has 1 aliphatic rings. The number of nitrogens with one attached hydrogen (secondary N) is 1. The van der Waals surface area contributed by atoms with E-state index < -0.39 is 0 Å². The molecule has 1 amide bonds. The van der Waals surface area contributed by atoms with E-state index >= 15 is 0 Å². The summed E-state index contributed by atoms with van der Waals surface area (Å²) in [4.78, 5) is 11.8.